The number of fused-ring (bicyclic) bond motifs is 1. The molecule has 0 bridgehead atoms. The van der Waals surface area contributed by atoms with Gasteiger partial charge in [0.1, 0.15) is 17.2 Å². The van der Waals surface area contributed by atoms with Crippen LogP contribution in [-0.4, -0.2) is 14.5 Å². The van der Waals surface area contributed by atoms with Crippen LogP contribution < -0.4 is 0 Å². The van der Waals surface area contributed by atoms with E-state index < -0.39 is 0 Å². The highest BCUT2D eigenvalue weighted by atomic mass is 79.9. The normalized spacial score (nSPS) is 12.8. The lowest BCUT2D eigenvalue weighted by Gasteiger charge is -2.12. The van der Waals surface area contributed by atoms with Crippen molar-refractivity contribution < 1.29 is 4.39 Å². The van der Waals surface area contributed by atoms with Crippen molar-refractivity contribution in [3.8, 4) is 5.69 Å². The van der Waals surface area contributed by atoms with Gasteiger partial charge in [-0.15, -0.1) is 11.6 Å². The van der Waals surface area contributed by atoms with E-state index in [9.17, 15) is 4.39 Å². The fourth-order valence-corrected chi connectivity index (χ4v) is 2.97. The Hall–Kier alpha value is -1.46. The number of rotatable bonds is 2. The van der Waals surface area contributed by atoms with Crippen molar-refractivity contribution in [2.75, 3.05) is 0 Å². The van der Waals surface area contributed by atoms with E-state index in [2.05, 4.69) is 25.9 Å². The van der Waals surface area contributed by atoms with Gasteiger partial charge in [0.25, 0.3) is 0 Å². The van der Waals surface area contributed by atoms with Crippen LogP contribution in [0.2, 0.25) is 0 Å². The largest absolute Gasteiger partial charge is 0.275 e. The topological polar surface area (TPSA) is 30.7 Å². The van der Waals surface area contributed by atoms with E-state index in [4.69, 9.17) is 11.6 Å². The molecule has 0 N–H and O–H groups in total. The number of imidazole rings is 1. The standard InChI is InChI=1S/C15H12BrClFN3/c1-8-6-7-19-15-12(8)20-14(9(2)17)21(15)13-10(16)4-3-5-11(13)18/h3-7,9H,1-2H3. The van der Waals surface area contributed by atoms with Crippen molar-refractivity contribution in [1.29, 1.82) is 0 Å². The van der Waals surface area contributed by atoms with Gasteiger partial charge < -0.3 is 0 Å². The summed E-state index contributed by atoms with van der Waals surface area (Å²) in [6.07, 6.45) is 1.69. The van der Waals surface area contributed by atoms with Gasteiger partial charge in [0, 0.05) is 10.7 Å². The van der Waals surface area contributed by atoms with Crippen LogP contribution in [0.15, 0.2) is 34.9 Å². The van der Waals surface area contributed by atoms with E-state index in [0.29, 0.717) is 21.6 Å². The van der Waals surface area contributed by atoms with E-state index >= 15 is 0 Å². The number of benzene rings is 1. The van der Waals surface area contributed by atoms with Crippen LogP contribution in [0.4, 0.5) is 4.39 Å². The van der Waals surface area contributed by atoms with Crippen molar-refractivity contribution >= 4 is 38.7 Å². The summed E-state index contributed by atoms with van der Waals surface area (Å²) in [5.41, 5.74) is 2.68. The van der Waals surface area contributed by atoms with Crippen LogP contribution in [0, 0.1) is 12.7 Å². The third-order valence-electron chi connectivity index (χ3n) is 3.29. The van der Waals surface area contributed by atoms with Crippen LogP contribution in [0.1, 0.15) is 23.7 Å². The first-order valence-electron chi connectivity index (χ1n) is 6.43. The predicted molar refractivity (Wildman–Crippen MR) is 85.5 cm³/mol. The Bertz CT molecular complexity index is 809. The molecule has 2 aromatic heterocycles. The molecule has 0 radical (unpaired) electrons. The Balaban J connectivity index is 2.46. The summed E-state index contributed by atoms with van der Waals surface area (Å²) in [5, 5.41) is -0.370. The molecule has 2 heterocycles. The Morgan fingerprint density at radius 1 is 1.33 bits per heavy atom. The Kier molecular flexibility index (Phi) is 3.71. The van der Waals surface area contributed by atoms with Gasteiger partial charge in [-0.05, 0) is 53.5 Å². The van der Waals surface area contributed by atoms with Crippen molar-refractivity contribution in [2.45, 2.75) is 19.2 Å². The summed E-state index contributed by atoms with van der Waals surface area (Å²) in [5.74, 6) is 0.213. The van der Waals surface area contributed by atoms with Crippen LogP contribution in [0.25, 0.3) is 16.9 Å². The average molecular weight is 369 g/mol. The summed E-state index contributed by atoms with van der Waals surface area (Å²) in [7, 11) is 0. The zero-order valence-corrected chi connectivity index (χ0v) is 13.8. The first kappa shape index (κ1) is 14.5. The number of para-hydroxylation sites is 1. The van der Waals surface area contributed by atoms with E-state index in [0.717, 1.165) is 11.1 Å². The summed E-state index contributed by atoms with van der Waals surface area (Å²) >= 11 is 9.63. The minimum atomic E-state index is -0.370. The van der Waals surface area contributed by atoms with Crippen molar-refractivity contribution in [3.63, 3.8) is 0 Å². The van der Waals surface area contributed by atoms with Gasteiger partial charge in [-0.1, -0.05) is 6.07 Å². The number of halogens is 3. The first-order chi connectivity index (χ1) is 10.0. The molecule has 21 heavy (non-hydrogen) atoms. The van der Waals surface area contributed by atoms with Gasteiger partial charge >= 0.3 is 0 Å². The molecule has 1 unspecified atom stereocenters. The zero-order valence-electron chi connectivity index (χ0n) is 11.4. The minimum Gasteiger partial charge on any atom is -0.275 e. The number of aryl methyl sites for hydroxylation is 1. The molecule has 108 valence electrons. The lowest BCUT2D eigenvalue weighted by atomic mass is 10.2. The summed E-state index contributed by atoms with van der Waals surface area (Å²) in [6, 6.07) is 6.70. The third-order valence-corrected chi connectivity index (χ3v) is 4.13. The molecule has 0 fully saturated rings. The molecule has 1 atom stereocenters. The van der Waals surface area contributed by atoms with Gasteiger partial charge in [-0.2, -0.15) is 0 Å². The smallest absolute Gasteiger partial charge is 0.165 e. The molecule has 0 saturated heterocycles. The summed E-state index contributed by atoms with van der Waals surface area (Å²) in [6.45, 7) is 3.75. The molecular weight excluding hydrogens is 357 g/mol. The maximum Gasteiger partial charge on any atom is 0.165 e. The molecule has 0 amide bonds. The SMILES string of the molecule is Cc1ccnc2c1nc(C(C)Cl)n2-c1c(F)cccc1Br. The number of hydrogen-bond acceptors (Lipinski definition) is 2. The minimum absolute atomic E-state index is 0.356. The van der Waals surface area contributed by atoms with Crippen molar-refractivity contribution in [3.05, 3.63) is 52.1 Å². The van der Waals surface area contributed by atoms with E-state index in [1.54, 1.807) is 22.9 Å². The number of pyridine rings is 1. The number of aromatic nitrogens is 3. The second-order valence-electron chi connectivity index (χ2n) is 4.79. The van der Waals surface area contributed by atoms with Gasteiger partial charge in [0.05, 0.1) is 11.1 Å². The zero-order chi connectivity index (χ0) is 15.1. The van der Waals surface area contributed by atoms with Gasteiger partial charge in [-0.25, -0.2) is 14.4 Å². The molecule has 0 saturated carbocycles. The maximum atomic E-state index is 14.3. The summed E-state index contributed by atoms with van der Waals surface area (Å²) in [4.78, 5) is 8.91. The second kappa shape index (κ2) is 5.39. The highest BCUT2D eigenvalue weighted by Gasteiger charge is 2.22. The average Bonchev–Trinajstić information content (AvgIpc) is 2.80. The second-order valence-corrected chi connectivity index (χ2v) is 6.30. The van der Waals surface area contributed by atoms with Gasteiger partial charge in [0.15, 0.2) is 5.65 Å². The molecule has 3 nitrogen and oxygen atoms in total. The van der Waals surface area contributed by atoms with Crippen molar-refractivity contribution in [2.24, 2.45) is 0 Å². The fraction of sp³-hybridized carbons (Fsp3) is 0.200. The molecule has 0 spiro atoms. The van der Waals surface area contributed by atoms with Gasteiger partial charge in [0.2, 0.25) is 0 Å². The van der Waals surface area contributed by atoms with Crippen molar-refractivity contribution in [1.82, 2.24) is 14.5 Å². The number of nitrogens with zero attached hydrogens (tertiary/aromatic N) is 3. The first-order valence-corrected chi connectivity index (χ1v) is 7.66. The maximum absolute atomic E-state index is 14.3. The Morgan fingerprint density at radius 2 is 2.10 bits per heavy atom. The van der Waals surface area contributed by atoms with Crippen LogP contribution in [-0.2, 0) is 0 Å². The lowest BCUT2D eigenvalue weighted by molar-refractivity contribution is 0.615. The molecule has 0 aliphatic rings. The van der Waals surface area contributed by atoms with Gasteiger partial charge in [-0.3, -0.25) is 4.57 Å². The molecule has 0 aliphatic carbocycles. The molecule has 3 aromatic rings. The third kappa shape index (κ3) is 2.34. The van der Waals surface area contributed by atoms with E-state index in [1.807, 2.05) is 19.9 Å². The summed E-state index contributed by atoms with van der Waals surface area (Å²) < 4.78 is 16.6. The predicted octanol–water partition coefficient (Wildman–Crippen LogP) is 4.93. The number of alkyl halides is 1. The molecular formula is C15H12BrClFN3. The Labute approximate surface area is 134 Å². The molecule has 0 aliphatic heterocycles. The lowest BCUT2D eigenvalue weighted by Crippen LogP contribution is -2.05. The quantitative estimate of drug-likeness (QED) is 0.600. The van der Waals surface area contributed by atoms with Crippen LogP contribution in [0.5, 0.6) is 0 Å². The Morgan fingerprint density at radius 3 is 2.76 bits per heavy atom. The highest BCUT2D eigenvalue weighted by molar-refractivity contribution is 9.10. The highest BCUT2D eigenvalue weighted by Crippen LogP contribution is 2.33. The van der Waals surface area contributed by atoms with Crippen LogP contribution >= 0.6 is 27.5 Å². The fourth-order valence-electron chi connectivity index (χ4n) is 2.30. The van der Waals surface area contributed by atoms with E-state index in [1.165, 1.54) is 6.07 Å². The monoisotopic (exact) mass is 367 g/mol. The molecule has 1 aromatic carbocycles. The van der Waals surface area contributed by atoms with Crippen LogP contribution in [0.3, 0.4) is 0 Å². The number of hydrogen-bond donors (Lipinski definition) is 0. The molecule has 6 heteroatoms. The molecule has 3 rings (SSSR count). The van der Waals surface area contributed by atoms with E-state index in [-0.39, 0.29) is 11.2 Å².